The van der Waals surface area contributed by atoms with Crippen molar-refractivity contribution in [2.45, 2.75) is 83.3 Å². The molecule has 1 spiro atoms. The number of rotatable bonds is 4. The number of carbonyl (C=O) groups is 2. The summed E-state index contributed by atoms with van der Waals surface area (Å²) in [7, 11) is 0. The standard InChI is InChI=1S/C19H28O7/c1-10-4-5-13-11(2)16(23-15(22)7-6-14(20)21)24-17-19(13)12(10)8-9-18(3,25-17)26-19/h10-13,16-17H,4-9H2,1-3H3,(H,20,21)/t10-,11-,12?,13?,16-,17?,18+,19-/m1/s1. The molecule has 0 amide bonds. The summed E-state index contributed by atoms with van der Waals surface area (Å²) in [6, 6.07) is 0. The molecule has 8 atom stereocenters. The van der Waals surface area contributed by atoms with Crippen molar-refractivity contribution in [2.75, 3.05) is 0 Å². The highest BCUT2D eigenvalue weighted by molar-refractivity contribution is 5.76. The molecule has 7 nitrogen and oxygen atoms in total. The second-order valence-corrected chi connectivity index (χ2v) is 8.59. The molecule has 0 radical (unpaired) electrons. The number of hydrogen-bond acceptors (Lipinski definition) is 6. The van der Waals surface area contributed by atoms with Gasteiger partial charge < -0.3 is 24.1 Å². The van der Waals surface area contributed by atoms with Crippen LogP contribution in [0.1, 0.15) is 59.3 Å². The van der Waals surface area contributed by atoms with Crippen LogP contribution in [-0.2, 0) is 28.5 Å². The fourth-order valence-electron chi connectivity index (χ4n) is 5.67. The first-order chi connectivity index (χ1) is 12.2. The van der Waals surface area contributed by atoms with Crippen molar-refractivity contribution in [1.29, 1.82) is 0 Å². The van der Waals surface area contributed by atoms with Crippen LogP contribution in [0.5, 0.6) is 0 Å². The molecule has 26 heavy (non-hydrogen) atoms. The minimum Gasteiger partial charge on any atom is -0.481 e. The van der Waals surface area contributed by atoms with Crippen molar-refractivity contribution in [3.63, 3.8) is 0 Å². The lowest BCUT2D eigenvalue weighted by atomic mass is 9.57. The smallest absolute Gasteiger partial charge is 0.308 e. The molecule has 1 saturated carbocycles. The van der Waals surface area contributed by atoms with Crippen molar-refractivity contribution in [3.8, 4) is 0 Å². The van der Waals surface area contributed by atoms with Crippen LogP contribution in [0.15, 0.2) is 0 Å². The van der Waals surface area contributed by atoms with Crippen molar-refractivity contribution in [2.24, 2.45) is 23.7 Å². The summed E-state index contributed by atoms with van der Waals surface area (Å²) < 4.78 is 24.3. The lowest BCUT2D eigenvalue weighted by Gasteiger charge is -2.58. The zero-order valence-electron chi connectivity index (χ0n) is 15.6. The summed E-state index contributed by atoms with van der Waals surface area (Å²) in [5, 5.41) is 8.74. The Labute approximate surface area is 153 Å². The van der Waals surface area contributed by atoms with E-state index in [0.29, 0.717) is 11.8 Å². The molecule has 4 fully saturated rings. The summed E-state index contributed by atoms with van der Waals surface area (Å²) in [6.45, 7) is 6.28. The summed E-state index contributed by atoms with van der Waals surface area (Å²) in [6.07, 6.45) is 2.34. The largest absolute Gasteiger partial charge is 0.481 e. The Hall–Kier alpha value is -1.18. The molecule has 3 unspecified atom stereocenters. The van der Waals surface area contributed by atoms with Gasteiger partial charge in [-0.25, -0.2) is 0 Å². The van der Waals surface area contributed by atoms with E-state index in [1.165, 1.54) is 0 Å². The van der Waals surface area contributed by atoms with E-state index in [-0.39, 0.29) is 24.7 Å². The molecule has 0 aromatic rings. The van der Waals surface area contributed by atoms with Crippen LogP contribution in [0.25, 0.3) is 0 Å². The Bertz CT molecular complexity index is 607. The van der Waals surface area contributed by atoms with Gasteiger partial charge in [-0.05, 0) is 38.0 Å². The predicted molar refractivity (Wildman–Crippen MR) is 88.7 cm³/mol. The molecule has 4 rings (SSSR count). The molecule has 4 aliphatic rings. The Balaban J connectivity index is 1.56. The van der Waals surface area contributed by atoms with Crippen LogP contribution in [-0.4, -0.2) is 41.0 Å². The molecule has 0 aromatic carbocycles. The Morgan fingerprint density at radius 1 is 1.15 bits per heavy atom. The van der Waals surface area contributed by atoms with E-state index >= 15 is 0 Å². The van der Waals surface area contributed by atoms with Gasteiger partial charge in [-0.2, -0.15) is 0 Å². The maximum atomic E-state index is 12.0. The van der Waals surface area contributed by atoms with Gasteiger partial charge in [0.1, 0.15) is 5.60 Å². The highest BCUT2D eigenvalue weighted by Gasteiger charge is 2.71. The number of fused-ring (bicyclic) bond motifs is 1. The summed E-state index contributed by atoms with van der Waals surface area (Å²) in [5.41, 5.74) is -0.464. The number of hydrogen-bond donors (Lipinski definition) is 1. The molecular formula is C19H28O7. The first-order valence-electron chi connectivity index (χ1n) is 9.70. The van der Waals surface area contributed by atoms with Crippen molar-refractivity contribution < 1.29 is 33.6 Å². The number of esters is 1. The van der Waals surface area contributed by atoms with E-state index in [0.717, 1.165) is 25.7 Å². The third-order valence-electron chi connectivity index (χ3n) is 6.92. The molecule has 1 N–H and O–H groups in total. The van der Waals surface area contributed by atoms with Crippen LogP contribution in [0.2, 0.25) is 0 Å². The first kappa shape index (κ1) is 18.2. The Morgan fingerprint density at radius 2 is 1.92 bits per heavy atom. The van der Waals surface area contributed by atoms with E-state index < -0.39 is 35.9 Å². The maximum Gasteiger partial charge on any atom is 0.308 e. The SMILES string of the molecule is C[C@@H]1CCC2[C@@H](C)[C@H](OC(=O)CCC(=O)O)OC3O[C@]4(C)CCC1[C@]32O4. The maximum absolute atomic E-state index is 12.0. The van der Waals surface area contributed by atoms with Gasteiger partial charge in [0.25, 0.3) is 0 Å². The van der Waals surface area contributed by atoms with Crippen LogP contribution in [0.4, 0.5) is 0 Å². The second-order valence-electron chi connectivity index (χ2n) is 8.59. The zero-order chi connectivity index (χ0) is 18.7. The van der Waals surface area contributed by atoms with E-state index in [9.17, 15) is 9.59 Å². The molecule has 7 heteroatoms. The minimum atomic E-state index is -1.02. The van der Waals surface area contributed by atoms with Crippen molar-refractivity contribution in [1.82, 2.24) is 0 Å². The van der Waals surface area contributed by atoms with Crippen LogP contribution < -0.4 is 0 Å². The third-order valence-corrected chi connectivity index (χ3v) is 6.92. The van der Waals surface area contributed by atoms with Gasteiger partial charge in [0.2, 0.25) is 6.29 Å². The molecule has 1 aliphatic carbocycles. The van der Waals surface area contributed by atoms with Gasteiger partial charge in [0.05, 0.1) is 12.8 Å². The fourth-order valence-corrected chi connectivity index (χ4v) is 5.67. The van der Waals surface area contributed by atoms with E-state index in [2.05, 4.69) is 6.92 Å². The molecule has 3 aliphatic heterocycles. The normalized spacial score (nSPS) is 49.3. The van der Waals surface area contributed by atoms with Gasteiger partial charge in [-0.15, -0.1) is 0 Å². The van der Waals surface area contributed by atoms with Gasteiger partial charge in [-0.1, -0.05) is 13.8 Å². The fraction of sp³-hybridized carbons (Fsp3) is 0.895. The summed E-state index contributed by atoms with van der Waals surface area (Å²) in [4.78, 5) is 22.7. The summed E-state index contributed by atoms with van der Waals surface area (Å²) >= 11 is 0. The van der Waals surface area contributed by atoms with Gasteiger partial charge in [0, 0.05) is 18.3 Å². The second kappa shape index (κ2) is 6.17. The van der Waals surface area contributed by atoms with E-state index in [1.54, 1.807) is 0 Å². The Kier molecular flexibility index (Phi) is 4.32. The Morgan fingerprint density at radius 3 is 2.65 bits per heavy atom. The number of carboxylic acid groups (broad SMARTS) is 1. The van der Waals surface area contributed by atoms with Crippen molar-refractivity contribution >= 4 is 11.9 Å². The molecule has 3 saturated heterocycles. The third kappa shape index (κ3) is 2.67. The molecule has 3 heterocycles. The van der Waals surface area contributed by atoms with Crippen LogP contribution >= 0.6 is 0 Å². The predicted octanol–water partition coefficient (Wildman–Crippen LogP) is 2.67. The van der Waals surface area contributed by atoms with Crippen LogP contribution in [0.3, 0.4) is 0 Å². The summed E-state index contributed by atoms with van der Waals surface area (Å²) in [5.74, 6) is -1.11. The molecule has 2 bridgehead atoms. The van der Waals surface area contributed by atoms with Gasteiger partial charge in [-0.3, -0.25) is 9.59 Å². The zero-order valence-corrected chi connectivity index (χ0v) is 15.6. The lowest BCUT2D eigenvalue weighted by Crippen LogP contribution is -2.66. The number of ether oxygens (including phenoxy) is 4. The van der Waals surface area contributed by atoms with E-state index in [4.69, 9.17) is 24.1 Å². The van der Waals surface area contributed by atoms with Crippen molar-refractivity contribution in [3.05, 3.63) is 0 Å². The molecule has 0 aromatic heterocycles. The quantitative estimate of drug-likeness (QED) is 0.763. The molecule has 146 valence electrons. The number of carboxylic acids is 1. The lowest BCUT2D eigenvalue weighted by molar-refractivity contribution is -0.329. The molecular weight excluding hydrogens is 340 g/mol. The highest BCUT2D eigenvalue weighted by atomic mass is 16.9. The van der Waals surface area contributed by atoms with Gasteiger partial charge in [0.15, 0.2) is 12.1 Å². The number of aliphatic carboxylic acids is 1. The van der Waals surface area contributed by atoms with Crippen LogP contribution in [0, 0.1) is 23.7 Å². The number of carbonyl (C=O) groups excluding carboxylic acids is 1. The highest BCUT2D eigenvalue weighted by Crippen LogP contribution is 2.63. The average molecular weight is 368 g/mol. The monoisotopic (exact) mass is 368 g/mol. The average Bonchev–Trinajstić information content (AvgIpc) is 2.78. The topological polar surface area (TPSA) is 91.3 Å². The van der Waals surface area contributed by atoms with Gasteiger partial charge >= 0.3 is 11.9 Å². The minimum absolute atomic E-state index is 0.0286. The first-order valence-corrected chi connectivity index (χ1v) is 9.70. The van der Waals surface area contributed by atoms with E-state index in [1.807, 2.05) is 13.8 Å².